The Morgan fingerprint density at radius 2 is 0.860 bits per heavy atom. The summed E-state index contributed by atoms with van der Waals surface area (Å²) in [6, 6.07) is 35.6. The molecule has 258 valence electrons. The highest BCUT2D eigenvalue weighted by Crippen LogP contribution is 2.34. The molecule has 0 aliphatic rings. The number of hydrogen-bond donors (Lipinski definition) is 6. The Kier molecular flexibility index (Phi) is 10.6. The van der Waals surface area contributed by atoms with Gasteiger partial charge in [0.2, 0.25) is 0 Å². The highest BCUT2D eigenvalue weighted by Gasteiger charge is 2.13. The number of ether oxygens (including phenoxy) is 4. The van der Waals surface area contributed by atoms with Crippen molar-refractivity contribution in [3.63, 3.8) is 0 Å². The summed E-state index contributed by atoms with van der Waals surface area (Å²) in [4.78, 5) is 6.83. The molecular weight excluding hydrogens is 632 g/mol. The molecule has 0 amide bonds. The summed E-state index contributed by atoms with van der Waals surface area (Å²) in [5.41, 5.74) is 4.12. The van der Waals surface area contributed by atoms with E-state index in [2.05, 4.69) is 32.7 Å². The third kappa shape index (κ3) is 7.79. The van der Waals surface area contributed by atoms with Gasteiger partial charge in [0, 0.05) is 58.8 Å². The van der Waals surface area contributed by atoms with Crippen molar-refractivity contribution in [1.29, 1.82) is 0 Å². The molecule has 0 radical (unpaired) electrons. The van der Waals surface area contributed by atoms with Crippen molar-refractivity contribution in [1.82, 2.24) is 20.6 Å². The van der Waals surface area contributed by atoms with Crippen molar-refractivity contribution in [3.05, 3.63) is 109 Å². The maximum absolute atomic E-state index is 10.5. The molecule has 0 saturated heterocycles. The number of aromatic amines is 2. The molecule has 7 aromatic rings. The number of H-pyrrole nitrogens is 2. The van der Waals surface area contributed by atoms with E-state index in [1.807, 2.05) is 97.1 Å². The standard InChI is InChI=1S/C40H42N4O6/c45-27(25-49-37-17-7-13-33-39(37)29-9-1-3-11-31(29)43-33)23-41-19-21-47-35-15-5-6-16-36(35)48-22-20-42-24-28(46)26-50-38-18-8-14-34-40(38)30-10-2-4-12-32(30)44-34/h1-18,27-28,41-46H,19-26H2/t27-,28-/m0/s1. The van der Waals surface area contributed by atoms with Gasteiger partial charge in [-0.1, -0.05) is 60.7 Å². The average Bonchev–Trinajstić information content (AvgIpc) is 3.72. The van der Waals surface area contributed by atoms with Gasteiger partial charge in [-0.2, -0.15) is 0 Å². The van der Waals surface area contributed by atoms with E-state index in [1.54, 1.807) is 0 Å². The number of aliphatic hydroxyl groups is 2. The maximum Gasteiger partial charge on any atom is 0.161 e. The van der Waals surface area contributed by atoms with Crippen LogP contribution in [0.2, 0.25) is 0 Å². The normalized spacial score (nSPS) is 12.8. The van der Waals surface area contributed by atoms with Crippen LogP contribution in [0.25, 0.3) is 43.6 Å². The molecular formula is C40H42N4O6. The minimum absolute atomic E-state index is 0.169. The molecule has 0 saturated carbocycles. The SMILES string of the molecule is O[C@@H](CNCCOc1ccccc1OCCNC[C@H](O)COc1cccc2[nH]c3ccccc3c12)COc1cccc2[nH]c3ccccc3c12. The van der Waals surface area contributed by atoms with E-state index in [-0.39, 0.29) is 13.2 Å². The zero-order chi connectivity index (χ0) is 34.1. The lowest BCUT2D eigenvalue weighted by atomic mass is 10.1. The largest absolute Gasteiger partial charge is 0.490 e. The van der Waals surface area contributed by atoms with Gasteiger partial charge in [0.1, 0.15) is 50.1 Å². The van der Waals surface area contributed by atoms with Gasteiger partial charge in [0.05, 0.1) is 11.0 Å². The average molecular weight is 675 g/mol. The zero-order valence-corrected chi connectivity index (χ0v) is 27.7. The zero-order valence-electron chi connectivity index (χ0n) is 27.7. The number of fused-ring (bicyclic) bond motifs is 6. The number of benzene rings is 5. The van der Waals surface area contributed by atoms with Gasteiger partial charge in [0.25, 0.3) is 0 Å². The van der Waals surface area contributed by atoms with Gasteiger partial charge in [0.15, 0.2) is 11.5 Å². The molecule has 0 bridgehead atoms. The molecule has 2 heterocycles. The van der Waals surface area contributed by atoms with Crippen LogP contribution in [0.5, 0.6) is 23.0 Å². The van der Waals surface area contributed by atoms with E-state index in [0.29, 0.717) is 50.9 Å². The Hall–Kier alpha value is -5.26. The number of aliphatic hydroxyl groups excluding tert-OH is 2. The molecule has 0 unspecified atom stereocenters. The van der Waals surface area contributed by atoms with Crippen LogP contribution in [0.4, 0.5) is 0 Å². The lowest BCUT2D eigenvalue weighted by molar-refractivity contribution is 0.106. The summed E-state index contributed by atoms with van der Waals surface area (Å²) < 4.78 is 24.0. The van der Waals surface area contributed by atoms with Gasteiger partial charge in [-0.3, -0.25) is 0 Å². The number of nitrogens with one attached hydrogen (secondary N) is 4. The number of hydrogen-bond acceptors (Lipinski definition) is 8. The van der Waals surface area contributed by atoms with E-state index in [0.717, 1.165) is 55.1 Å². The van der Waals surface area contributed by atoms with Gasteiger partial charge < -0.3 is 49.8 Å². The first kappa shape index (κ1) is 33.2. The Labute approximate surface area is 289 Å². The summed E-state index contributed by atoms with van der Waals surface area (Å²) in [6.45, 7) is 2.96. The monoisotopic (exact) mass is 674 g/mol. The molecule has 50 heavy (non-hydrogen) atoms. The van der Waals surface area contributed by atoms with Crippen molar-refractivity contribution in [2.45, 2.75) is 12.2 Å². The highest BCUT2D eigenvalue weighted by atomic mass is 16.5. The van der Waals surface area contributed by atoms with E-state index in [9.17, 15) is 10.2 Å². The summed E-state index contributed by atoms with van der Waals surface area (Å²) in [6.07, 6.45) is -1.37. The van der Waals surface area contributed by atoms with Crippen molar-refractivity contribution in [2.75, 3.05) is 52.6 Å². The molecule has 2 aromatic heterocycles. The minimum atomic E-state index is -0.683. The molecule has 10 heteroatoms. The second-order valence-electron chi connectivity index (χ2n) is 12.2. The second kappa shape index (κ2) is 16.0. The minimum Gasteiger partial charge on any atom is -0.490 e. The van der Waals surface area contributed by atoms with E-state index in [1.165, 1.54) is 0 Å². The smallest absolute Gasteiger partial charge is 0.161 e. The Morgan fingerprint density at radius 3 is 1.34 bits per heavy atom. The summed E-state index contributed by atoms with van der Waals surface area (Å²) >= 11 is 0. The lowest BCUT2D eigenvalue weighted by Gasteiger charge is -2.16. The fraction of sp³-hybridized carbons (Fsp3) is 0.250. The van der Waals surface area contributed by atoms with Crippen LogP contribution in [0, 0.1) is 0 Å². The lowest BCUT2D eigenvalue weighted by Crippen LogP contribution is -2.34. The third-order valence-corrected chi connectivity index (χ3v) is 8.53. The first-order valence-corrected chi connectivity index (χ1v) is 17.0. The molecule has 0 aliphatic heterocycles. The molecule has 5 aromatic carbocycles. The van der Waals surface area contributed by atoms with Crippen LogP contribution in [0.1, 0.15) is 0 Å². The number of aromatic nitrogens is 2. The first-order chi connectivity index (χ1) is 24.6. The molecule has 0 aliphatic carbocycles. The second-order valence-corrected chi connectivity index (χ2v) is 12.2. The summed E-state index contributed by atoms with van der Waals surface area (Å²) in [7, 11) is 0. The molecule has 2 atom stereocenters. The Balaban J connectivity index is 0.788. The number of para-hydroxylation sites is 4. The van der Waals surface area contributed by atoms with Crippen LogP contribution in [0.3, 0.4) is 0 Å². The van der Waals surface area contributed by atoms with Gasteiger partial charge >= 0.3 is 0 Å². The van der Waals surface area contributed by atoms with Crippen molar-refractivity contribution >= 4 is 43.6 Å². The van der Waals surface area contributed by atoms with Crippen LogP contribution in [-0.2, 0) is 0 Å². The molecule has 0 spiro atoms. The molecule has 7 rings (SSSR count). The summed E-state index contributed by atoms with van der Waals surface area (Å²) in [5, 5.41) is 31.8. The van der Waals surface area contributed by atoms with Gasteiger partial charge in [-0.25, -0.2) is 0 Å². The van der Waals surface area contributed by atoms with E-state index < -0.39 is 12.2 Å². The Morgan fingerprint density at radius 1 is 0.460 bits per heavy atom. The fourth-order valence-corrected chi connectivity index (χ4v) is 6.16. The van der Waals surface area contributed by atoms with E-state index in [4.69, 9.17) is 18.9 Å². The van der Waals surface area contributed by atoms with E-state index >= 15 is 0 Å². The fourth-order valence-electron chi connectivity index (χ4n) is 6.16. The molecule has 10 nitrogen and oxygen atoms in total. The van der Waals surface area contributed by atoms with Gasteiger partial charge in [-0.15, -0.1) is 0 Å². The number of rotatable bonds is 18. The first-order valence-electron chi connectivity index (χ1n) is 17.0. The van der Waals surface area contributed by atoms with Crippen LogP contribution in [0.15, 0.2) is 109 Å². The van der Waals surface area contributed by atoms with Crippen LogP contribution in [-0.4, -0.2) is 85.0 Å². The predicted molar refractivity (Wildman–Crippen MR) is 198 cm³/mol. The van der Waals surface area contributed by atoms with Crippen molar-refractivity contribution < 1.29 is 29.2 Å². The molecule has 0 fully saturated rings. The van der Waals surface area contributed by atoms with Gasteiger partial charge in [-0.05, 0) is 48.5 Å². The Bertz CT molecular complexity index is 2010. The quantitative estimate of drug-likeness (QED) is 0.0633. The highest BCUT2D eigenvalue weighted by molar-refractivity contribution is 6.11. The topological polar surface area (TPSA) is 133 Å². The third-order valence-electron chi connectivity index (χ3n) is 8.53. The van der Waals surface area contributed by atoms with Crippen molar-refractivity contribution in [3.8, 4) is 23.0 Å². The molecule has 6 N–H and O–H groups in total. The predicted octanol–water partition coefficient (Wildman–Crippen LogP) is 5.77. The maximum atomic E-state index is 10.5. The van der Waals surface area contributed by atoms with Crippen molar-refractivity contribution in [2.24, 2.45) is 0 Å². The van der Waals surface area contributed by atoms with Crippen LogP contribution >= 0.6 is 0 Å². The van der Waals surface area contributed by atoms with Crippen LogP contribution < -0.4 is 29.6 Å². The summed E-state index contributed by atoms with van der Waals surface area (Å²) in [5.74, 6) is 2.78.